The van der Waals surface area contributed by atoms with Gasteiger partial charge in [0.25, 0.3) is 0 Å². The monoisotopic (exact) mass is 291 g/mol. The molecule has 0 fully saturated rings. The fourth-order valence-corrected chi connectivity index (χ4v) is 1.53. The lowest BCUT2D eigenvalue weighted by Gasteiger charge is -2.12. The van der Waals surface area contributed by atoms with Gasteiger partial charge in [0.1, 0.15) is 0 Å². The van der Waals surface area contributed by atoms with E-state index in [1.165, 1.54) is 0 Å². The lowest BCUT2D eigenvalue weighted by Crippen LogP contribution is -2.39. The Bertz CT molecular complexity index is 386. The van der Waals surface area contributed by atoms with Crippen molar-refractivity contribution in [1.82, 2.24) is 20.2 Å². The van der Waals surface area contributed by atoms with Gasteiger partial charge in [-0.15, -0.1) is 0 Å². The maximum absolute atomic E-state index is 12.0. The Morgan fingerprint density at radius 2 is 2.15 bits per heavy atom. The van der Waals surface area contributed by atoms with Crippen LogP contribution in [-0.4, -0.2) is 41.3 Å². The van der Waals surface area contributed by atoms with E-state index in [1.54, 1.807) is 12.5 Å². The van der Waals surface area contributed by atoms with E-state index in [0.717, 1.165) is 13.0 Å². The van der Waals surface area contributed by atoms with Crippen molar-refractivity contribution >= 4 is 5.96 Å². The number of rotatable bonds is 7. The molecular formula is C12H20F3N5. The normalized spacial score (nSPS) is 12.5. The van der Waals surface area contributed by atoms with Gasteiger partial charge in [-0.05, 0) is 13.3 Å². The number of aliphatic imine (C=N–C) groups is 1. The van der Waals surface area contributed by atoms with Crippen LogP contribution in [0.1, 0.15) is 19.8 Å². The zero-order valence-electron chi connectivity index (χ0n) is 11.5. The van der Waals surface area contributed by atoms with Crippen molar-refractivity contribution < 1.29 is 13.2 Å². The molecule has 5 nitrogen and oxygen atoms in total. The Labute approximate surface area is 116 Å². The lowest BCUT2D eigenvalue weighted by atomic mass is 10.4. The van der Waals surface area contributed by atoms with Crippen molar-refractivity contribution in [3.05, 3.63) is 18.7 Å². The van der Waals surface area contributed by atoms with Gasteiger partial charge in [-0.25, -0.2) is 4.98 Å². The largest absolute Gasteiger partial charge is 0.390 e. The summed E-state index contributed by atoms with van der Waals surface area (Å²) in [6.45, 7) is 3.63. The fraction of sp³-hybridized carbons (Fsp3) is 0.667. The van der Waals surface area contributed by atoms with Crippen LogP contribution < -0.4 is 10.6 Å². The van der Waals surface area contributed by atoms with E-state index in [9.17, 15) is 13.2 Å². The van der Waals surface area contributed by atoms with E-state index in [1.807, 2.05) is 17.7 Å². The second-order valence-corrected chi connectivity index (χ2v) is 4.21. The molecule has 0 aliphatic carbocycles. The number of hydrogen-bond donors (Lipinski definition) is 2. The van der Waals surface area contributed by atoms with E-state index >= 15 is 0 Å². The van der Waals surface area contributed by atoms with Crippen LogP contribution in [0.25, 0.3) is 0 Å². The van der Waals surface area contributed by atoms with Crippen LogP contribution in [0, 0.1) is 0 Å². The van der Waals surface area contributed by atoms with Crippen LogP contribution in [-0.2, 0) is 6.54 Å². The highest BCUT2D eigenvalue weighted by molar-refractivity contribution is 5.79. The fourth-order valence-electron chi connectivity index (χ4n) is 1.53. The summed E-state index contributed by atoms with van der Waals surface area (Å²) < 4.78 is 38.1. The minimum Gasteiger partial charge on any atom is -0.357 e. The van der Waals surface area contributed by atoms with Crippen molar-refractivity contribution in [3.63, 3.8) is 0 Å². The van der Waals surface area contributed by atoms with Crippen LogP contribution in [0.3, 0.4) is 0 Å². The molecule has 114 valence electrons. The number of nitrogens with zero attached hydrogens (tertiary/aromatic N) is 3. The van der Waals surface area contributed by atoms with E-state index in [0.29, 0.717) is 19.0 Å². The highest BCUT2D eigenvalue weighted by Crippen LogP contribution is 2.17. The van der Waals surface area contributed by atoms with Gasteiger partial charge >= 0.3 is 6.18 Å². The van der Waals surface area contributed by atoms with Gasteiger partial charge in [-0.1, -0.05) is 0 Å². The topological polar surface area (TPSA) is 54.2 Å². The SMILES string of the molecule is CCNC(=NCCCn1ccnc1)NCCC(F)(F)F. The van der Waals surface area contributed by atoms with Crippen molar-refractivity contribution in [2.75, 3.05) is 19.6 Å². The van der Waals surface area contributed by atoms with Crippen molar-refractivity contribution in [1.29, 1.82) is 0 Å². The number of nitrogens with one attached hydrogen (secondary N) is 2. The highest BCUT2D eigenvalue weighted by Gasteiger charge is 2.26. The predicted octanol–water partition coefficient (Wildman–Crippen LogP) is 1.78. The Morgan fingerprint density at radius 3 is 2.75 bits per heavy atom. The molecule has 0 aromatic carbocycles. The molecule has 0 saturated heterocycles. The van der Waals surface area contributed by atoms with E-state index in [2.05, 4.69) is 20.6 Å². The van der Waals surface area contributed by atoms with Gasteiger partial charge in [0.15, 0.2) is 5.96 Å². The third-order valence-corrected chi connectivity index (χ3v) is 2.45. The van der Waals surface area contributed by atoms with Gasteiger partial charge in [0, 0.05) is 38.6 Å². The molecule has 2 N–H and O–H groups in total. The number of aromatic nitrogens is 2. The summed E-state index contributed by atoms with van der Waals surface area (Å²) in [6, 6.07) is 0. The maximum atomic E-state index is 12.0. The average molecular weight is 291 g/mol. The molecule has 0 radical (unpaired) electrons. The average Bonchev–Trinajstić information content (AvgIpc) is 2.86. The van der Waals surface area contributed by atoms with Crippen LogP contribution in [0.2, 0.25) is 0 Å². The number of halogens is 3. The second kappa shape index (κ2) is 8.44. The Hall–Kier alpha value is -1.73. The van der Waals surface area contributed by atoms with Crippen molar-refractivity contribution in [3.8, 4) is 0 Å². The van der Waals surface area contributed by atoms with Gasteiger partial charge < -0.3 is 15.2 Å². The predicted molar refractivity (Wildman–Crippen MR) is 71.5 cm³/mol. The minimum atomic E-state index is -4.15. The number of guanidine groups is 1. The number of hydrogen-bond acceptors (Lipinski definition) is 2. The van der Waals surface area contributed by atoms with E-state index < -0.39 is 12.6 Å². The molecule has 1 heterocycles. The van der Waals surface area contributed by atoms with Gasteiger partial charge in [-0.2, -0.15) is 13.2 Å². The van der Waals surface area contributed by atoms with E-state index in [-0.39, 0.29) is 6.54 Å². The Morgan fingerprint density at radius 1 is 1.35 bits per heavy atom. The Balaban J connectivity index is 2.27. The molecule has 1 rings (SSSR count). The molecule has 0 saturated carbocycles. The smallest absolute Gasteiger partial charge is 0.357 e. The standard InChI is InChI=1S/C12H20F3N5/c1-2-17-11(19-6-4-12(13,14)15)18-5-3-8-20-9-7-16-10-20/h7,9-10H,2-6,8H2,1H3,(H2,17,18,19). The molecule has 0 aliphatic heterocycles. The number of aryl methyl sites for hydroxylation is 1. The summed E-state index contributed by atoms with van der Waals surface area (Å²) >= 11 is 0. The van der Waals surface area contributed by atoms with Crippen LogP contribution in [0.4, 0.5) is 13.2 Å². The lowest BCUT2D eigenvalue weighted by molar-refractivity contribution is -0.132. The van der Waals surface area contributed by atoms with Crippen molar-refractivity contribution in [2.24, 2.45) is 4.99 Å². The first-order chi connectivity index (χ1) is 9.51. The molecule has 0 bridgehead atoms. The minimum absolute atomic E-state index is 0.170. The highest BCUT2D eigenvalue weighted by atomic mass is 19.4. The molecule has 1 aromatic heterocycles. The van der Waals surface area contributed by atoms with E-state index in [4.69, 9.17) is 0 Å². The number of imidazole rings is 1. The molecular weight excluding hydrogens is 271 g/mol. The summed E-state index contributed by atoms with van der Waals surface area (Å²) in [5.74, 6) is 0.419. The number of alkyl halides is 3. The summed E-state index contributed by atoms with van der Waals surface area (Å²) in [5.41, 5.74) is 0. The first-order valence-corrected chi connectivity index (χ1v) is 6.56. The summed E-state index contributed by atoms with van der Waals surface area (Å²) in [5, 5.41) is 5.59. The Kier molecular flexibility index (Phi) is 6.89. The molecule has 0 aliphatic rings. The quantitative estimate of drug-likeness (QED) is 0.457. The zero-order chi connectivity index (χ0) is 14.8. The molecule has 0 spiro atoms. The molecule has 1 aromatic rings. The maximum Gasteiger partial charge on any atom is 0.390 e. The molecule has 20 heavy (non-hydrogen) atoms. The first kappa shape index (κ1) is 16.3. The molecule has 0 amide bonds. The summed E-state index contributed by atoms with van der Waals surface area (Å²) in [6.07, 6.45) is 1.06. The molecule has 8 heteroatoms. The summed E-state index contributed by atoms with van der Waals surface area (Å²) in [4.78, 5) is 8.15. The van der Waals surface area contributed by atoms with Gasteiger partial charge in [0.05, 0.1) is 12.7 Å². The van der Waals surface area contributed by atoms with Gasteiger partial charge in [-0.3, -0.25) is 4.99 Å². The third kappa shape index (κ3) is 7.65. The zero-order valence-corrected chi connectivity index (χ0v) is 11.5. The first-order valence-electron chi connectivity index (χ1n) is 6.56. The van der Waals surface area contributed by atoms with Crippen molar-refractivity contribution in [2.45, 2.75) is 32.5 Å². The van der Waals surface area contributed by atoms with Crippen LogP contribution in [0.5, 0.6) is 0 Å². The third-order valence-electron chi connectivity index (χ3n) is 2.45. The van der Waals surface area contributed by atoms with Gasteiger partial charge in [0.2, 0.25) is 0 Å². The second-order valence-electron chi connectivity index (χ2n) is 4.21. The van der Waals surface area contributed by atoms with Crippen LogP contribution >= 0.6 is 0 Å². The summed E-state index contributed by atoms with van der Waals surface area (Å²) in [7, 11) is 0. The van der Waals surface area contributed by atoms with Crippen LogP contribution in [0.15, 0.2) is 23.7 Å². The molecule has 0 atom stereocenters. The molecule has 0 unspecified atom stereocenters.